The molecular formula is C15H24N2O3S. The largest absolute Gasteiger partial charge is 0.350 e. The van der Waals surface area contributed by atoms with Gasteiger partial charge in [-0.3, -0.25) is 4.79 Å². The zero-order valence-electron chi connectivity index (χ0n) is 13.1. The summed E-state index contributed by atoms with van der Waals surface area (Å²) in [6, 6.07) is 9.61. The highest BCUT2D eigenvalue weighted by Crippen LogP contribution is 2.05. The first-order valence-corrected chi connectivity index (χ1v) is 8.73. The van der Waals surface area contributed by atoms with Gasteiger partial charge in [0.15, 0.2) is 0 Å². The number of amides is 1. The van der Waals surface area contributed by atoms with Crippen LogP contribution in [0.15, 0.2) is 30.3 Å². The molecule has 0 saturated heterocycles. The van der Waals surface area contributed by atoms with Crippen LogP contribution in [0.2, 0.25) is 0 Å². The van der Waals surface area contributed by atoms with Crippen molar-refractivity contribution in [1.29, 1.82) is 0 Å². The van der Waals surface area contributed by atoms with Crippen LogP contribution in [0.25, 0.3) is 0 Å². The first-order chi connectivity index (χ1) is 9.58. The van der Waals surface area contributed by atoms with Crippen molar-refractivity contribution >= 4 is 15.9 Å². The Morgan fingerprint density at radius 2 is 1.76 bits per heavy atom. The molecule has 0 unspecified atom stereocenters. The van der Waals surface area contributed by atoms with Crippen LogP contribution in [-0.4, -0.2) is 43.5 Å². The zero-order chi connectivity index (χ0) is 16.1. The molecule has 0 bridgehead atoms. The minimum Gasteiger partial charge on any atom is -0.350 e. The Morgan fingerprint density at radius 1 is 1.19 bits per heavy atom. The molecule has 0 aromatic heterocycles. The number of carbonyl (C=O) groups is 1. The lowest BCUT2D eigenvalue weighted by molar-refractivity contribution is -0.122. The number of sulfonamides is 1. The topological polar surface area (TPSA) is 66.5 Å². The Hall–Kier alpha value is -1.40. The molecule has 0 heterocycles. The number of nitrogens with one attached hydrogen (secondary N) is 1. The van der Waals surface area contributed by atoms with Crippen molar-refractivity contribution in [3.8, 4) is 0 Å². The van der Waals surface area contributed by atoms with Crippen molar-refractivity contribution in [2.45, 2.75) is 32.7 Å². The molecule has 1 aromatic carbocycles. The summed E-state index contributed by atoms with van der Waals surface area (Å²) in [4.78, 5) is 11.9. The molecule has 5 nitrogen and oxygen atoms in total. The van der Waals surface area contributed by atoms with Crippen LogP contribution in [0.1, 0.15) is 26.3 Å². The Kier molecular flexibility index (Phi) is 5.92. The smallest absolute Gasteiger partial charge is 0.235 e. The number of nitrogens with zero attached hydrogens (tertiary/aromatic N) is 1. The molecule has 0 aliphatic heterocycles. The second kappa shape index (κ2) is 7.04. The van der Waals surface area contributed by atoms with Crippen molar-refractivity contribution < 1.29 is 13.2 Å². The third kappa shape index (κ3) is 7.24. The van der Waals surface area contributed by atoms with Gasteiger partial charge in [0.25, 0.3) is 0 Å². The van der Waals surface area contributed by atoms with Gasteiger partial charge in [-0.15, -0.1) is 0 Å². The van der Waals surface area contributed by atoms with Gasteiger partial charge in [-0.1, -0.05) is 30.3 Å². The second-order valence-electron chi connectivity index (χ2n) is 6.13. The van der Waals surface area contributed by atoms with E-state index in [0.717, 1.165) is 11.8 Å². The van der Waals surface area contributed by atoms with E-state index in [1.54, 1.807) is 0 Å². The predicted octanol–water partition coefficient (Wildman–Crippen LogP) is 1.41. The minimum atomic E-state index is -3.41. The molecule has 0 aliphatic rings. The first kappa shape index (κ1) is 17.7. The Balaban J connectivity index is 2.67. The van der Waals surface area contributed by atoms with E-state index in [1.807, 2.05) is 51.1 Å². The van der Waals surface area contributed by atoms with E-state index in [0.29, 0.717) is 13.0 Å². The van der Waals surface area contributed by atoms with E-state index in [4.69, 9.17) is 0 Å². The average Bonchev–Trinajstić information content (AvgIpc) is 2.32. The predicted molar refractivity (Wildman–Crippen MR) is 84.5 cm³/mol. The van der Waals surface area contributed by atoms with Crippen LogP contribution >= 0.6 is 0 Å². The second-order valence-corrected chi connectivity index (χ2v) is 8.11. The van der Waals surface area contributed by atoms with E-state index >= 15 is 0 Å². The highest BCUT2D eigenvalue weighted by atomic mass is 32.2. The number of hydrogen-bond donors (Lipinski definition) is 1. The minimum absolute atomic E-state index is 0.150. The van der Waals surface area contributed by atoms with Gasteiger partial charge in [0.2, 0.25) is 15.9 Å². The molecule has 1 rings (SSSR count). The maximum absolute atomic E-state index is 11.9. The van der Waals surface area contributed by atoms with E-state index in [9.17, 15) is 13.2 Å². The van der Waals surface area contributed by atoms with Gasteiger partial charge in [0.05, 0.1) is 12.8 Å². The summed E-state index contributed by atoms with van der Waals surface area (Å²) in [5, 5.41) is 2.77. The number of carbonyl (C=O) groups excluding carboxylic acids is 1. The van der Waals surface area contributed by atoms with Gasteiger partial charge >= 0.3 is 0 Å². The molecule has 1 N–H and O–H groups in total. The lowest BCUT2D eigenvalue weighted by Gasteiger charge is -2.24. The van der Waals surface area contributed by atoms with Gasteiger partial charge in [0, 0.05) is 12.1 Å². The lowest BCUT2D eigenvalue weighted by atomic mass is 10.1. The van der Waals surface area contributed by atoms with E-state index in [1.165, 1.54) is 4.31 Å². The molecule has 0 radical (unpaired) electrons. The van der Waals surface area contributed by atoms with Crippen LogP contribution < -0.4 is 5.32 Å². The SMILES string of the molecule is CC(C)(C)NC(=O)CN(CCc1ccccc1)S(C)(=O)=O. The molecule has 0 spiro atoms. The van der Waals surface area contributed by atoms with Crippen molar-refractivity contribution in [3.05, 3.63) is 35.9 Å². The lowest BCUT2D eigenvalue weighted by Crippen LogP contribution is -2.47. The maximum atomic E-state index is 11.9. The quantitative estimate of drug-likeness (QED) is 0.863. The fraction of sp³-hybridized carbons (Fsp3) is 0.533. The normalized spacial score (nSPS) is 12.4. The summed E-state index contributed by atoms with van der Waals surface area (Å²) in [6.07, 6.45) is 1.71. The van der Waals surface area contributed by atoms with Gasteiger partial charge in [-0.25, -0.2) is 8.42 Å². The van der Waals surface area contributed by atoms with Crippen molar-refractivity contribution in [2.24, 2.45) is 0 Å². The summed E-state index contributed by atoms with van der Waals surface area (Å²) in [5.41, 5.74) is 0.669. The highest BCUT2D eigenvalue weighted by Gasteiger charge is 2.22. The molecule has 0 atom stereocenters. The Morgan fingerprint density at radius 3 is 2.24 bits per heavy atom. The summed E-state index contributed by atoms with van der Waals surface area (Å²) < 4.78 is 24.8. The number of benzene rings is 1. The first-order valence-electron chi connectivity index (χ1n) is 6.88. The molecule has 1 aromatic rings. The van der Waals surface area contributed by atoms with Crippen LogP contribution in [0.3, 0.4) is 0 Å². The summed E-state index contributed by atoms with van der Waals surface area (Å²) >= 11 is 0. The van der Waals surface area contributed by atoms with E-state index in [2.05, 4.69) is 5.32 Å². The molecule has 0 saturated carbocycles. The Bertz CT molecular complexity index is 562. The van der Waals surface area contributed by atoms with E-state index < -0.39 is 10.0 Å². The average molecular weight is 312 g/mol. The molecular weight excluding hydrogens is 288 g/mol. The Labute approximate surface area is 127 Å². The molecule has 118 valence electrons. The van der Waals surface area contributed by atoms with Gasteiger partial charge in [-0.2, -0.15) is 4.31 Å². The maximum Gasteiger partial charge on any atom is 0.235 e. The molecule has 0 fully saturated rings. The van der Waals surface area contributed by atoms with Crippen LogP contribution in [0, 0.1) is 0 Å². The van der Waals surface area contributed by atoms with Crippen molar-refractivity contribution in [1.82, 2.24) is 9.62 Å². The third-order valence-corrected chi connectivity index (χ3v) is 4.05. The molecule has 1 amide bonds. The van der Waals surface area contributed by atoms with Gasteiger partial charge in [-0.05, 0) is 32.8 Å². The highest BCUT2D eigenvalue weighted by molar-refractivity contribution is 7.88. The fourth-order valence-corrected chi connectivity index (χ4v) is 2.65. The monoisotopic (exact) mass is 312 g/mol. The third-order valence-electron chi connectivity index (χ3n) is 2.80. The van der Waals surface area contributed by atoms with E-state index in [-0.39, 0.29) is 18.0 Å². The molecule has 6 heteroatoms. The van der Waals surface area contributed by atoms with Crippen molar-refractivity contribution in [2.75, 3.05) is 19.3 Å². The standard InChI is InChI=1S/C15H24N2O3S/c1-15(2,3)16-14(18)12-17(21(4,19)20)11-10-13-8-6-5-7-9-13/h5-9H,10-12H2,1-4H3,(H,16,18). The fourth-order valence-electron chi connectivity index (χ4n) is 1.88. The number of hydrogen-bond acceptors (Lipinski definition) is 3. The van der Waals surface area contributed by atoms with Crippen LogP contribution in [-0.2, 0) is 21.2 Å². The summed E-state index contributed by atoms with van der Waals surface area (Å²) in [5.74, 6) is -0.291. The van der Waals surface area contributed by atoms with Gasteiger partial charge in [0.1, 0.15) is 0 Å². The van der Waals surface area contributed by atoms with Crippen LogP contribution in [0.5, 0.6) is 0 Å². The number of rotatable bonds is 6. The van der Waals surface area contributed by atoms with Crippen LogP contribution in [0.4, 0.5) is 0 Å². The molecule has 21 heavy (non-hydrogen) atoms. The molecule has 0 aliphatic carbocycles. The zero-order valence-corrected chi connectivity index (χ0v) is 13.9. The van der Waals surface area contributed by atoms with Crippen molar-refractivity contribution in [3.63, 3.8) is 0 Å². The van der Waals surface area contributed by atoms with Gasteiger partial charge < -0.3 is 5.32 Å². The summed E-state index contributed by atoms with van der Waals surface area (Å²) in [6.45, 7) is 5.72. The summed E-state index contributed by atoms with van der Waals surface area (Å²) in [7, 11) is -3.41.